The zero-order valence-corrected chi connectivity index (χ0v) is 10.9. The molecule has 0 bridgehead atoms. The third-order valence-electron chi connectivity index (χ3n) is 2.23. The average Bonchev–Trinajstić information content (AvgIpc) is 2.25. The van der Waals surface area contributed by atoms with Gasteiger partial charge in [0.05, 0.1) is 5.54 Å². The second kappa shape index (κ2) is 5.37. The van der Waals surface area contributed by atoms with E-state index in [0.29, 0.717) is 10.7 Å². The first-order valence-electron chi connectivity index (χ1n) is 5.30. The van der Waals surface area contributed by atoms with Crippen LogP contribution in [0.4, 0.5) is 5.69 Å². The number of benzene rings is 1. The number of carbonyl (C=O) groups excluding carboxylic acids is 1. The van der Waals surface area contributed by atoms with Crippen molar-refractivity contribution < 1.29 is 14.7 Å². The Labute approximate surface area is 110 Å². The predicted molar refractivity (Wildman–Crippen MR) is 69.7 cm³/mol. The van der Waals surface area contributed by atoms with E-state index in [1.807, 2.05) is 0 Å². The van der Waals surface area contributed by atoms with Gasteiger partial charge in [0.2, 0.25) is 5.91 Å². The molecule has 0 heterocycles. The van der Waals surface area contributed by atoms with Gasteiger partial charge in [-0.05, 0) is 38.1 Å². The Morgan fingerprint density at radius 3 is 2.22 bits per heavy atom. The second-order valence-corrected chi connectivity index (χ2v) is 4.92. The quantitative estimate of drug-likeness (QED) is 0.868. The first-order valence-corrected chi connectivity index (χ1v) is 5.68. The van der Waals surface area contributed by atoms with Gasteiger partial charge in [0.15, 0.2) is 0 Å². The third-order valence-corrected chi connectivity index (χ3v) is 2.48. The third kappa shape index (κ3) is 3.72. The largest absolute Gasteiger partial charge is 0.480 e. The van der Waals surface area contributed by atoms with Crippen molar-refractivity contribution in [3.63, 3.8) is 0 Å². The summed E-state index contributed by atoms with van der Waals surface area (Å²) in [5, 5.41) is 9.36. The Morgan fingerprint density at radius 1 is 1.33 bits per heavy atom. The molecule has 0 saturated heterocycles. The van der Waals surface area contributed by atoms with Gasteiger partial charge in [0.25, 0.3) is 0 Å². The summed E-state index contributed by atoms with van der Waals surface area (Å²) in [5.41, 5.74) is 5.02. The van der Waals surface area contributed by atoms with Gasteiger partial charge in [-0.2, -0.15) is 0 Å². The molecular weight excluding hydrogens is 256 g/mol. The fourth-order valence-electron chi connectivity index (χ4n) is 1.38. The summed E-state index contributed by atoms with van der Waals surface area (Å²) >= 11 is 5.75. The molecule has 1 aromatic carbocycles. The van der Waals surface area contributed by atoms with Crippen molar-refractivity contribution in [2.75, 3.05) is 11.4 Å². The summed E-state index contributed by atoms with van der Waals surface area (Å²) in [4.78, 5) is 24.0. The molecule has 5 nitrogen and oxygen atoms in total. The van der Waals surface area contributed by atoms with Crippen molar-refractivity contribution in [3.8, 4) is 0 Å². The van der Waals surface area contributed by atoms with Crippen LogP contribution in [0.15, 0.2) is 24.3 Å². The van der Waals surface area contributed by atoms with Crippen molar-refractivity contribution in [2.24, 2.45) is 5.73 Å². The molecule has 0 aromatic heterocycles. The maximum absolute atomic E-state index is 12.1. The molecular formula is C12H15ClN2O3. The molecule has 18 heavy (non-hydrogen) atoms. The number of nitrogens with two attached hydrogens (primary N) is 1. The van der Waals surface area contributed by atoms with E-state index in [1.54, 1.807) is 24.3 Å². The summed E-state index contributed by atoms with van der Waals surface area (Å²) in [7, 11) is 0. The number of amides is 1. The van der Waals surface area contributed by atoms with Crippen LogP contribution in [0.5, 0.6) is 0 Å². The van der Waals surface area contributed by atoms with Crippen LogP contribution in [-0.4, -0.2) is 29.1 Å². The lowest BCUT2D eigenvalue weighted by atomic mass is 10.0. The van der Waals surface area contributed by atoms with E-state index in [9.17, 15) is 9.59 Å². The first kappa shape index (κ1) is 14.5. The number of nitrogens with zero attached hydrogens (tertiary/aromatic N) is 1. The number of halogens is 1. The highest BCUT2D eigenvalue weighted by molar-refractivity contribution is 6.30. The molecule has 1 aromatic rings. The fourth-order valence-corrected chi connectivity index (χ4v) is 1.51. The van der Waals surface area contributed by atoms with E-state index >= 15 is 0 Å². The molecule has 0 aliphatic carbocycles. The first-order chi connectivity index (χ1) is 8.21. The summed E-state index contributed by atoms with van der Waals surface area (Å²) in [6.07, 6.45) is 0. The predicted octanol–water partition coefficient (Wildman–Crippen LogP) is 1.49. The van der Waals surface area contributed by atoms with E-state index in [2.05, 4.69) is 0 Å². The Hall–Kier alpha value is -1.59. The molecule has 0 saturated carbocycles. The van der Waals surface area contributed by atoms with Crippen LogP contribution in [0.2, 0.25) is 5.02 Å². The number of carbonyl (C=O) groups is 2. The van der Waals surface area contributed by atoms with E-state index in [-0.39, 0.29) is 0 Å². The second-order valence-electron chi connectivity index (χ2n) is 4.48. The van der Waals surface area contributed by atoms with E-state index < -0.39 is 24.0 Å². The fraction of sp³-hybridized carbons (Fsp3) is 0.333. The molecule has 1 amide bonds. The molecule has 0 radical (unpaired) electrons. The Kier molecular flexibility index (Phi) is 4.32. The lowest BCUT2D eigenvalue weighted by Gasteiger charge is -2.28. The Balaban J connectivity index is 3.09. The summed E-state index contributed by atoms with van der Waals surface area (Å²) in [6.45, 7) is 2.61. The van der Waals surface area contributed by atoms with Crippen molar-refractivity contribution in [1.82, 2.24) is 0 Å². The SMILES string of the molecule is CC(C)(N)C(=O)N(CC(=O)O)c1ccc(Cl)cc1. The van der Waals surface area contributed by atoms with Crippen LogP contribution >= 0.6 is 11.6 Å². The minimum atomic E-state index is -1.14. The number of anilines is 1. The zero-order valence-electron chi connectivity index (χ0n) is 10.2. The highest BCUT2D eigenvalue weighted by atomic mass is 35.5. The number of rotatable bonds is 4. The maximum atomic E-state index is 12.1. The van der Waals surface area contributed by atoms with Crippen molar-refractivity contribution in [2.45, 2.75) is 19.4 Å². The summed E-state index contributed by atoms with van der Waals surface area (Å²) < 4.78 is 0. The maximum Gasteiger partial charge on any atom is 0.323 e. The summed E-state index contributed by atoms with van der Waals surface area (Å²) in [5.74, 6) is -1.57. The number of hydrogen-bond acceptors (Lipinski definition) is 3. The van der Waals surface area contributed by atoms with Crippen molar-refractivity contribution in [1.29, 1.82) is 0 Å². The normalized spacial score (nSPS) is 11.1. The average molecular weight is 271 g/mol. The topological polar surface area (TPSA) is 83.6 Å². The lowest BCUT2D eigenvalue weighted by Crippen LogP contribution is -2.52. The van der Waals surface area contributed by atoms with Crippen LogP contribution in [0.3, 0.4) is 0 Å². The molecule has 0 atom stereocenters. The van der Waals surface area contributed by atoms with Gasteiger partial charge in [0.1, 0.15) is 6.54 Å². The van der Waals surface area contributed by atoms with Crippen molar-refractivity contribution in [3.05, 3.63) is 29.3 Å². The Morgan fingerprint density at radius 2 is 1.83 bits per heavy atom. The van der Waals surface area contributed by atoms with Gasteiger partial charge in [-0.25, -0.2) is 0 Å². The van der Waals surface area contributed by atoms with Crippen LogP contribution in [-0.2, 0) is 9.59 Å². The van der Waals surface area contributed by atoms with Gasteiger partial charge >= 0.3 is 5.97 Å². The monoisotopic (exact) mass is 270 g/mol. The molecule has 6 heteroatoms. The molecule has 0 spiro atoms. The number of aliphatic carboxylic acids is 1. The van der Waals surface area contributed by atoms with Crippen LogP contribution in [0.25, 0.3) is 0 Å². The van der Waals surface area contributed by atoms with Crippen LogP contribution in [0, 0.1) is 0 Å². The van der Waals surface area contributed by atoms with E-state index in [0.717, 1.165) is 4.90 Å². The lowest BCUT2D eigenvalue weighted by molar-refractivity contribution is -0.137. The Bertz CT molecular complexity index is 451. The van der Waals surface area contributed by atoms with Gasteiger partial charge in [-0.3, -0.25) is 14.5 Å². The highest BCUT2D eigenvalue weighted by Crippen LogP contribution is 2.20. The zero-order chi connectivity index (χ0) is 13.9. The van der Waals surface area contributed by atoms with E-state index in [4.69, 9.17) is 22.4 Å². The van der Waals surface area contributed by atoms with Crippen molar-refractivity contribution >= 4 is 29.2 Å². The molecule has 3 N–H and O–H groups in total. The number of carboxylic acids is 1. The van der Waals surface area contributed by atoms with Gasteiger partial charge in [-0.15, -0.1) is 0 Å². The highest BCUT2D eigenvalue weighted by Gasteiger charge is 2.30. The van der Waals surface area contributed by atoms with Gasteiger partial charge in [0, 0.05) is 10.7 Å². The van der Waals surface area contributed by atoms with Crippen LogP contribution < -0.4 is 10.6 Å². The minimum Gasteiger partial charge on any atom is -0.480 e. The minimum absolute atomic E-state index is 0.443. The standard InChI is InChI=1S/C12H15ClN2O3/c1-12(2,14)11(18)15(7-10(16)17)9-5-3-8(13)4-6-9/h3-6H,7,14H2,1-2H3,(H,16,17). The molecule has 0 aliphatic heterocycles. The van der Waals surface area contributed by atoms with E-state index in [1.165, 1.54) is 13.8 Å². The number of hydrogen-bond donors (Lipinski definition) is 2. The number of carboxylic acid groups (broad SMARTS) is 1. The van der Waals surface area contributed by atoms with Gasteiger partial charge < -0.3 is 10.8 Å². The van der Waals surface area contributed by atoms with Gasteiger partial charge in [-0.1, -0.05) is 11.6 Å². The molecule has 1 rings (SSSR count). The van der Waals surface area contributed by atoms with Crippen LogP contribution in [0.1, 0.15) is 13.8 Å². The molecule has 0 fully saturated rings. The molecule has 0 aliphatic rings. The molecule has 0 unspecified atom stereocenters. The molecule has 98 valence electrons. The smallest absolute Gasteiger partial charge is 0.323 e. The summed E-state index contributed by atoms with van der Waals surface area (Å²) in [6, 6.07) is 6.33.